The van der Waals surface area contributed by atoms with Crippen molar-refractivity contribution in [2.45, 2.75) is 76.4 Å². The molecular weight excluding hydrogens is 630 g/mol. The molecule has 0 aliphatic carbocycles. The van der Waals surface area contributed by atoms with Gasteiger partial charge in [-0.3, -0.25) is 4.79 Å². The molecule has 1 amide bonds. The fourth-order valence-corrected chi connectivity index (χ4v) is 7.30. The number of piperidine rings is 1. The predicted octanol–water partition coefficient (Wildman–Crippen LogP) is 7.52. The molecule has 46 heavy (non-hydrogen) atoms. The molecule has 0 bridgehead atoms. The third-order valence-electron chi connectivity index (χ3n) is 9.62. The average Bonchev–Trinajstić information content (AvgIpc) is 2.99. The van der Waals surface area contributed by atoms with E-state index in [-0.39, 0.29) is 49.2 Å². The molecule has 7 nitrogen and oxygen atoms in total. The van der Waals surface area contributed by atoms with Crippen molar-refractivity contribution in [3.63, 3.8) is 0 Å². The van der Waals surface area contributed by atoms with Crippen LogP contribution in [0.25, 0.3) is 0 Å². The van der Waals surface area contributed by atoms with Gasteiger partial charge in [0.05, 0.1) is 31.1 Å². The lowest BCUT2D eigenvalue weighted by Crippen LogP contribution is -2.63. The molecular formula is C35H43ClF2N2O5Si. The second-order valence-electron chi connectivity index (χ2n) is 13.8. The summed E-state index contributed by atoms with van der Waals surface area (Å²) in [5, 5.41) is 12.3. The van der Waals surface area contributed by atoms with Crippen molar-refractivity contribution in [1.29, 1.82) is 0 Å². The van der Waals surface area contributed by atoms with Gasteiger partial charge in [-0.25, -0.2) is 8.78 Å². The highest BCUT2D eigenvalue weighted by molar-refractivity contribution is 6.74. The first-order chi connectivity index (χ1) is 21.6. The first-order valence-corrected chi connectivity index (χ1v) is 18.9. The number of carbonyl (C=O) groups is 1. The van der Waals surface area contributed by atoms with Gasteiger partial charge in [-0.2, -0.15) is 0 Å². The zero-order chi connectivity index (χ0) is 33.4. The topological polar surface area (TPSA) is 71.5 Å². The Morgan fingerprint density at radius 3 is 2.41 bits per heavy atom. The molecule has 0 aromatic heterocycles. The van der Waals surface area contributed by atoms with Crippen molar-refractivity contribution in [3.05, 3.63) is 82.4 Å². The van der Waals surface area contributed by atoms with E-state index in [1.165, 1.54) is 17.0 Å². The normalized spacial score (nSPS) is 20.5. The Hall–Kier alpha value is -3.18. The van der Waals surface area contributed by atoms with Gasteiger partial charge in [0.2, 0.25) is 5.91 Å². The molecule has 0 radical (unpaired) electrons. The summed E-state index contributed by atoms with van der Waals surface area (Å²) in [4.78, 5) is 16.4. The number of rotatable bonds is 9. The van der Waals surface area contributed by atoms with Crippen LogP contribution in [0.1, 0.15) is 44.7 Å². The largest absolute Gasteiger partial charge is 0.497 e. The summed E-state index contributed by atoms with van der Waals surface area (Å²) in [5.41, 5.74) is 0.587. The molecule has 0 saturated carbocycles. The van der Waals surface area contributed by atoms with E-state index in [4.69, 9.17) is 25.5 Å². The van der Waals surface area contributed by atoms with Crippen LogP contribution in [0.4, 0.5) is 20.2 Å². The second-order valence-corrected chi connectivity index (χ2v) is 18.9. The molecule has 2 aliphatic rings. The molecule has 2 heterocycles. The summed E-state index contributed by atoms with van der Waals surface area (Å²) >= 11 is 6.01. The van der Waals surface area contributed by atoms with Crippen LogP contribution in [0.5, 0.6) is 11.5 Å². The highest BCUT2D eigenvalue weighted by Gasteiger charge is 2.49. The third kappa shape index (κ3) is 7.05. The summed E-state index contributed by atoms with van der Waals surface area (Å²) in [6, 6.07) is 14.7. The number of amides is 1. The van der Waals surface area contributed by atoms with Gasteiger partial charge in [0.1, 0.15) is 35.3 Å². The van der Waals surface area contributed by atoms with E-state index < -0.39 is 31.7 Å². The van der Waals surface area contributed by atoms with Gasteiger partial charge in [-0.1, -0.05) is 44.5 Å². The molecule has 1 N–H and O–H groups in total. The van der Waals surface area contributed by atoms with Crippen LogP contribution < -0.4 is 19.3 Å². The molecule has 11 heteroatoms. The smallest absolute Gasteiger partial charge is 0.227 e. The Morgan fingerprint density at radius 1 is 1.04 bits per heavy atom. The molecule has 0 spiro atoms. The van der Waals surface area contributed by atoms with Gasteiger partial charge in [-0.05, 0) is 79.0 Å². The van der Waals surface area contributed by atoms with Gasteiger partial charge >= 0.3 is 0 Å². The maximum absolute atomic E-state index is 15.4. The highest BCUT2D eigenvalue weighted by atomic mass is 35.5. The van der Waals surface area contributed by atoms with Crippen molar-refractivity contribution in [3.8, 4) is 11.5 Å². The Bertz CT molecular complexity index is 1580. The van der Waals surface area contributed by atoms with Gasteiger partial charge in [-0.15, -0.1) is 0 Å². The Balaban J connectivity index is 1.41. The van der Waals surface area contributed by atoms with E-state index in [0.717, 1.165) is 5.56 Å². The number of ether oxygens (including phenoxy) is 2. The van der Waals surface area contributed by atoms with Crippen molar-refractivity contribution in [2.75, 3.05) is 36.6 Å². The lowest BCUT2D eigenvalue weighted by molar-refractivity contribution is -0.119. The van der Waals surface area contributed by atoms with Crippen molar-refractivity contribution in [1.82, 2.24) is 0 Å². The standard InChI is InChI=1S/C35H43ClF2N2O5Si/c1-34(2,3)46(5,6)45-31-21-39(29-14-9-24(36)19-28(29)38)18-17-35(31,42)22-44-30-15-13-27(37)33-26(30)12-16-32(41)40(33)20-23-7-10-25(43-4)11-8-23/h7-11,13-15,19,31,42H,12,16-18,20-22H2,1-6H3. The van der Waals surface area contributed by atoms with Crippen LogP contribution in [0.2, 0.25) is 23.2 Å². The summed E-state index contributed by atoms with van der Waals surface area (Å²) in [6.45, 7) is 11.3. The molecule has 1 fully saturated rings. The van der Waals surface area contributed by atoms with E-state index in [1.807, 2.05) is 17.0 Å². The van der Waals surface area contributed by atoms with Crippen LogP contribution in [0, 0.1) is 11.6 Å². The lowest BCUT2D eigenvalue weighted by Gasteiger charge is -2.49. The van der Waals surface area contributed by atoms with Gasteiger partial charge < -0.3 is 28.8 Å². The molecule has 5 rings (SSSR count). The molecule has 3 aromatic rings. The molecule has 2 unspecified atom stereocenters. The van der Waals surface area contributed by atoms with E-state index in [1.54, 1.807) is 37.4 Å². The van der Waals surface area contributed by atoms with Crippen LogP contribution >= 0.6 is 11.6 Å². The SMILES string of the molecule is COc1ccc(CN2C(=O)CCc3c(OCC4(O)CCN(c5ccc(Cl)cc5F)CC4O[Si](C)(C)C(C)(C)C)ccc(F)c32)cc1. The number of nitrogens with zero attached hydrogens (tertiary/aromatic N) is 2. The van der Waals surface area contributed by atoms with E-state index >= 15 is 4.39 Å². The molecule has 2 aliphatic heterocycles. The maximum atomic E-state index is 15.4. The van der Waals surface area contributed by atoms with Crippen LogP contribution in [-0.4, -0.2) is 57.8 Å². The predicted molar refractivity (Wildman–Crippen MR) is 180 cm³/mol. The number of hydrogen-bond donors (Lipinski definition) is 1. The summed E-state index contributed by atoms with van der Waals surface area (Å²) in [6.07, 6.45) is 0.0691. The number of carbonyl (C=O) groups excluding carboxylic acids is 1. The maximum Gasteiger partial charge on any atom is 0.227 e. The molecule has 2 atom stereocenters. The highest BCUT2D eigenvalue weighted by Crippen LogP contribution is 2.42. The number of aliphatic hydroxyl groups is 1. The number of methoxy groups -OCH3 is 1. The summed E-state index contributed by atoms with van der Waals surface area (Å²) in [7, 11) is -0.811. The second kappa shape index (κ2) is 13.1. The van der Waals surface area contributed by atoms with Crippen molar-refractivity contribution >= 4 is 37.2 Å². The van der Waals surface area contributed by atoms with E-state index in [9.17, 15) is 14.3 Å². The molecule has 1 saturated heterocycles. The number of hydrogen-bond acceptors (Lipinski definition) is 6. The minimum atomic E-state index is -2.39. The van der Waals surface area contributed by atoms with Crippen LogP contribution in [-0.2, 0) is 22.2 Å². The first-order valence-electron chi connectivity index (χ1n) is 15.6. The fourth-order valence-electron chi connectivity index (χ4n) is 5.78. The quantitative estimate of drug-likeness (QED) is 0.237. The fraction of sp³-hybridized carbons (Fsp3) is 0.457. The van der Waals surface area contributed by atoms with Crippen LogP contribution in [0.3, 0.4) is 0 Å². The van der Waals surface area contributed by atoms with Crippen LogP contribution in [0.15, 0.2) is 54.6 Å². The number of fused-ring (bicyclic) bond motifs is 1. The summed E-state index contributed by atoms with van der Waals surface area (Å²) in [5.74, 6) is -0.0298. The van der Waals surface area contributed by atoms with Gasteiger partial charge in [0.25, 0.3) is 0 Å². The number of anilines is 2. The Morgan fingerprint density at radius 2 is 1.76 bits per heavy atom. The minimum absolute atomic E-state index is 0.117. The van der Waals surface area contributed by atoms with E-state index in [0.29, 0.717) is 40.7 Å². The molecule has 3 aromatic carbocycles. The zero-order valence-corrected chi connectivity index (χ0v) is 29.1. The number of benzene rings is 3. The first kappa shape index (κ1) is 34.2. The Kier molecular flexibility index (Phi) is 9.76. The number of halogens is 3. The average molecular weight is 673 g/mol. The lowest BCUT2D eigenvalue weighted by atomic mass is 9.89. The Labute approximate surface area is 276 Å². The third-order valence-corrected chi connectivity index (χ3v) is 14.3. The minimum Gasteiger partial charge on any atom is -0.497 e. The molecule has 248 valence electrons. The van der Waals surface area contributed by atoms with Gasteiger partial charge in [0, 0.05) is 30.1 Å². The van der Waals surface area contributed by atoms with E-state index in [2.05, 4.69) is 33.9 Å². The summed E-state index contributed by atoms with van der Waals surface area (Å²) < 4.78 is 48.7. The monoisotopic (exact) mass is 672 g/mol. The van der Waals surface area contributed by atoms with Gasteiger partial charge in [0.15, 0.2) is 8.32 Å². The zero-order valence-electron chi connectivity index (χ0n) is 27.3. The van der Waals surface area contributed by atoms with Crippen molar-refractivity contribution in [2.24, 2.45) is 0 Å². The van der Waals surface area contributed by atoms with Crippen molar-refractivity contribution < 1.29 is 32.6 Å².